The van der Waals surface area contributed by atoms with E-state index in [0.717, 1.165) is 24.6 Å². The smallest absolute Gasteiger partial charge is 0.146 e. The van der Waals surface area contributed by atoms with Gasteiger partial charge in [0.05, 0.1) is 18.8 Å². The topological polar surface area (TPSA) is 49.2 Å². The third-order valence-corrected chi connectivity index (χ3v) is 2.45. The molecule has 0 N–H and O–H groups in total. The maximum atomic E-state index is 8.99. The van der Waals surface area contributed by atoms with E-state index < -0.39 is 0 Å². The van der Waals surface area contributed by atoms with Crippen LogP contribution in [0.15, 0.2) is 12.1 Å². The molecule has 0 amide bonds. The molecular weight excluding hydrogens is 190 g/mol. The molecule has 0 saturated carbocycles. The van der Waals surface area contributed by atoms with Crippen LogP contribution in [0.5, 0.6) is 0 Å². The lowest BCUT2D eigenvalue weighted by Crippen LogP contribution is -2.37. The maximum Gasteiger partial charge on any atom is 0.146 e. The summed E-state index contributed by atoms with van der Waals surface area (Å²) in [4.78, 5) is 6.52. The van der Waals surface area contributed by atoms with E-state index in [1.807, 2.05) is 19.1 Å². The monoisotopic (exact) mass is 203 g/mol. The number of morpholine rings is 1. The van der Waals surface area contributed by atoms with Gasteiger partial charge >= 0.3 is 0 Å². The number of nitrogens with zero attached hydrogens (tertiary/aromatic N) is 3. The summed E-state index contributed by atoms with van der Waals surface area (Å²) in [6.07, 6.45) is 0. The van der Waals surface area contributed by atoms with Gasteiger partial charge < -0.3 is 9.64 Å². The first-order valence-electron chi connectivity index (χ1n) is 5.01. The van der Waals surface area contributed by atoms with Crippen molar-refractivity contribution in [3.63, 3.8) is 0 Å². The predicted octanol–water partition coefficient (Wildman–Crippen LogP) is 1.10. The number of aromatic nitrogens is 1. The van der Waals surface area contributed by atoms with Crippen molar-refractivity contribution in [2.45, 2.75) is 6.92 Å². The number of anilines is 1. The van der Waals surface area contributed by atoms with Crippen LogP contribution in [-0.2, 0) is 4.74 Å². The van der Waals surface area contributed by atoms with Crippen LogP contribution in [0.25, 0.3) is 0 Å². The van der Waals surface area contributed by atoms with Crippen molar-refractivity contribution < 1.29 is 4.74 Å². The van der Waals surface area contributed by atoms with Gasteiger partial charge in [-0.15, -0.1) is 0 Å². The summed E-state index contributed by atoms with van der Waals surface area (Å²) in [5.74, 6) is 0.792. The van der Waals surface area contributed by atoms with Gasteiger partial charge in [-0.1, -0.05) is 0 Å². The zero-order valence-corrected chi connectivity index (χ0v) is 8.73. The standard InChI is InChI=1S/C11H13N3O/c1-9-2-3-10(8-12)11(13-9)14-4-6-15-7-5-14/h2-3H,4-7H2,1H3. The summed E-state index contributed by atoms with van der Waals surface area (Å²) in [6.45, 7) is 4.97. The van der Waals surface area contributed by atoms with Crippen molar-refractivity contribution in [1.29, 1.82) is 5.26 Å². The van der Waals surface area contributed by atoms with Gasteiger partial charge in [-0.2, -0.15) is 5.26 Å². The Bertz CT molecular complexity index is 391. The molecule has 1 aromatic rings. The van der Waals surface area contributed by atoms with Crippen LogP contribution in [0.4, 0.5) is 5.82 Å². The molecule has 0 radical (unpaired) electrons. The van der Waals surface area contributed by atoms with Crippen LogP contribution in [0.3, 0.4) is 0 Å². The van der Waals surface area contributed by atoms with Gasteiger partial charge in [-0.3, -0.25) is 0 Å². The lowest BCUT2D eigenvalue weighted by molar-refractivity contribution is 0.122. The number of nitriles is 1. The van der Waals surface area contributed by atoms with Crippen molar-refractivity contribution in [3.05, 3.63) is 23.4 Å². The van der Waals surface area contributed by atoms with Crippen LogP contribution in [0.1, 0.15) is 11.3 Å². The summed E-state index contributed by atoms with van der Waals surface area (Å²) < 4.78 is 5.27. The summed E-state index contributed by atoms with van der Waals surface area (Å²) in [6, 6.07) is 5.87. The number of rotatable bonds is 1. The maximum absolute atomic E-state index is 8.99. The summed E-state index contributed by atoms with van der Waals surface area (Å²) in [5, 5.41) is 8.99. The molecule has 4 nitrogen and oxygen atoms in total. The Balaban J connectivity index is 2.32. The number of ether oxygens (including phenoxy) is 1. The first-order chi connectivity index (χ1) is 7.31. The number of hydrogen-bond donors (Lipinski definition) is 0. The molecule has 1 saturated heterocycles. The van der Waals surface area contributed by atoms with E-state index in [-0.39, 0.29) is 0 Å². The number of hydrogen-bond acceptors (Lipinski definition) is 4. The van der Waals surface area contributed by atoms with Crippen molar-refractivity contribution >= 4 is 5.82 Å². The highest BCUT2D eigenvalue weighted by Crippen LogP contribution is 2.18. The average Bonchev–Trinajstić information content (AvgIpc) is 2.30. The number of pyridine rings is 1. The average molecular weight is 203 g/mol. The Morgan fingerprint density at radius 1 is 1.40 bits per heavy atom. The lowest BCUT2D eigenvalue weighted by Gasteiger charge is -2.28. The van der Waals surface area contributed by atoms with Crippen molar-refractivity contribution in [1.82, 2.24) is 4.98 Å². The Morgan fingerprint density at radius 3 is 2.80 bits per heavy atom. The Morgan fingerprint density at radius 2 is 2.13 bits per heavy atom. The molecule has 0 aliphatic carbocycles. The molecule has 2 heterocycles. The summed E-state index contributed by atoms with van der Waals surface area (Å²) in [7, 11) is 0. The van der Waals surface area contributed by atoms with Crippen LogP contribution < -0.4 is 4.90 Å². The Kier molecular flexibility index (Phi) is 2.84. The summed E-state index contributed by atoms with van der Waals surface area (Å²) in [5.41, 5.74) is 1.58. The molecule has 1 aliphatic rings. The molecule has 78 valence electrons. The van der Waals surface area contributed by atoms with Crippen molar-refractivity contribution in [3.8, 4) is 6.07 Å². The quantitative estimate of drug-likeness (QED) is 0.685. The third kappa shape index (κ3) is 2.08. The Hall–Kier alpha value is -1.60. The van der Waals surface area contributed by atoms with Gasteiger partial charge in [0.25, 0.3) is 0 Å². The summed E-state index contributed by atoms with van der Waals surface area (Å²) >= 11 is 0. The first kappa shape index (κ1) is 9.94. The first-order valence-corrected chi connectivity index (χ1v) is 5.01. The molecular formula is C11H13N3O. The van der Waals surface area contributed by atoms with Gasteiger partial charge in [0.2, 0.25) is 0 Å². The molecule has 15 heavy (non-hydrogen) atoms. The fraction of sp³-hybridized carbons (Fsp3) is 0.455. The van der Waals surface area contributed by atoms with Crippen LogP contribution >= 0.6 is 0 Å². The van der Waals surface area contributed by atoms with E-state index in [0.29, 0.717) is 18.8 Å². The molecule has 1 fully saturated rings. The highest BCUT2D eigenvalue weighted by atomic mass is 16.5. The fourth-order valence-corrected chi connectivity index (χ4v) is 1.65. The van der Waals surface area contributed by atoms with E-state index >= 15 is 0 Å². The number of aryl methyl sites for hydroxylation is 1. The molecule has 1 aromatic heterocycles. The van der Waals surface area contributed by atoms with E-state index in [1.54, 1.807) is 0 Å². The van der Waals surface area contributed by atoms with Gasteiger partial charge in [0.1, 0.15) is 11.9 Å². The minimum Gasteiger partial charge on any atom is -0.378 e. The molecule has 2 rings (SSSR count). The van der Waals surface area contributed by atoms with Crippen LogP contribution in [0, 0.1) is 18.3 Å². The second-order valence-electron chi connectivity index (χ2n) is 3.54. The van der Waals surface area contributed by atoms with E-state index in [4.69, 9.17) is 10.00 Å². The molecule has 4 heteroatoms. The molecule has 0 aromatic carbocycles. The minimum atomic E-state index is 0.641. The zero-order valence-electron chi connectivity index (χ0n) is 8.73. The van der Waals surface area contributed by atoms with Gasteiger partial charge in [-0.25, -0.2) is 4.98 Å². The molecule has 0 atom stereocenters. The van der Waals surface area contributed by atoms with Gasteiger partial charge in [-0.05, 0) is 19.1 Å². The Labute approximate surface area is 89.1 Å². The fourth-order valence-electron chi connectivity index (χ4n) is 1.65. The molecule has 0 spiro atoms. The van der Waals surface area contributed by atoms with E-state index in [9.17, 15) is 0 Å². The second kappa shape index (κ2) is 4.28. The van der Waals surface area contributed by atoms with Crippen molar-refractivity contribution in [2.24, 2.45) is 0 Å². The van der Waals surface area contributed by atoms with Crippen LogP contribution in [-0.4, -0.2) is 31.3 Å². The SMILES string of the molecule is Cc1ccc(C#N)c(N2CCOCC2)n1. The van der Waals surface area contributed by atoms with Gasteiger partial charge in [0.15, 0.2) is 0 Å². The van der Waals surface area contributed by atoms with E-state index in [2.05, 4.69) is 16.0 Å². The highest BCUT2D eigenvalue weighted by molar-refractivity contribution is 5.54. The predicted molar refractivity (Wildman–Crippen MR) is 56.7 cm³/mol. The lowest BCUT2D eigenvalue weighted by atomic mass is 10.2. The third-order valence-electron chi connectivity index (χ3n) is 2.45. The van der Waals surface area contributed by atoms with Crippen molar-refractivity contribution in [2.75, 3.05) is 31.2 Å². The second-order valence-corrected chi connectivity index (χ2v) is 3.54. The molecule has 0 unspecified atom stereocenters. The normalized spacial score (nSPS) is 16.1. The molecule has 0 bridgehead atoms. The zero-order chi connectivity index (χ0) is 10.7. The largest absolute Gasteiger partial charge is 0.378 e. The minimum absolute atomic E-state index is 0.641. The van der Waals surface area contributed by atoms with E-state index in [1.165, 1.54) is 0 Å². The van der Waals surface area contributed by atoms with Gasteiger partial charge in [0, 0.05) is 18.8 Å². The van der Waals surface area contributed by atoms with Crippen LogP contribution in [0.2, 0.25) is 0 Å². The molecule has 1 aliphatic heterocycles. The highest BCUT2D eigenvalue weighted by Gasteiger charge is 2.15.